The number of carbonyl (C=O) groups excluding carboxylic acids is 8. The van der Waals surface area contributed by atoms with E-state index in [0.29, 0.717) is 123 Å². The minimum Gasteiger partial charge on any atom is -0.371 e. The summed E-state index contributed by atoms with van der Waals surface area (Å²) in [5.41, 5.74) is 5.78. The highest BCUT2D eigenvalue weighted by atomic mass is 19.1. The molecule has 4 saturated heterocycles. The Morgan fingerprint density at radius 1 is 0.764 bits per heavy atom. The molecule has 6 fully saturated rings. The number of likely N-dealkylation sites (tertiary alicyclic amines) is 3. The summed E-state index contributed by atoms with van der Waals surface area (Å²) in [4.78, 5) is 131. The second-order valence-electron chi connectivity index (χ2n) is 26.9. The summed E-state index contributed by atoms with van der Waals surface area (Å²) in [6.07, 6.45) is 12.0. The number of piperidine rings is 4. The fraction of sp³-hybridized carbons (Fsp3) is 0.529. The molecule has 2 saturated carbocycles. The molecule has 8 amide bonds. The third-order valence-corrected chi connectivity index (χ3v) is 20.9. The van der Waals surface area contributed by atoms with Crippen LogP contribution in [-0.4, -0.2) is 158 Å². The number of aryl methyl sites for hydroxylation is 1. The summed E-state index contributed by atoms with van der Waals surface area (Å²) in [6.45, 7) is 13.7. The van der Waals surface area contributed by atoms with Crippen LogP contribution in [0.4, 0.5) is 27.3 Å². The predicted octanol–water partition coefficient (Wildman–Crippen LogP) is 8.57. The van der Waals surface area contributed by atoms with Crippen molar-refractivity contribution in [2.75, 3.05) is 61.4 Å². The zero-order valence-electron chi connectivity index (χ0n) is 51.9. The predicted molar refractivity (Wildman–Crippen MR) is 334 cm³/mol. The second kappa shape index (κ2) is 23.7. The molecule has 468 valence electrons. The zero-order valence-corrected chi connectivity index (χ0v) is 51.9. The number of rotatable bonds is 13. The van der Waals surface area contributed by atoms with Gasteiger partial charge in [-0.1, -0.05) is 24.6 Å². The van der Waals surface area contributed by atoms with Crippen LogP contribution >= 0.6 is 0 Å². The summed E-state index contributed by atoms with van der Waals surface area (Å²) >= 11 is 0. The van der Waals surface area contributed by atoms with Crippen molar-refractivity contribution in [2.45, 2.75) is 173 Å². The van der Waals surface area contributed by atoms with E-state index in [-0.39, 0.29) is 89.3 Å². The van der Waals surface area contributed by atoms with Crippen LogP contribution in [-0.2, 0) is 29.4 Å². The molecule has 13 rings (SSSR count). The van der Waals surface area contributed by atoms with Gasteiger partial charge in [0, 0.05) is 98.5 Å². The molecule has 6 aliphatic heterocycles. The van der Waals surface area contributed by atoms with Crippen molar-refractivity contribution >= 4 is 81.2 Å². The van der Waals surface area contributed by atoms with Crippen LogP contribution in [0.25, 0.3) is 22.3 Å². The maximum Gasteiger partial charge on any atom is 0.264 e. The Morgan fingerprint density at radius 3 is 2.11 bits per heavy atom. The second-order valence-corrected chi connectivity index (χ2v) is 26.9. The van der Waals surface area contributed by atoms with Gasteiger partial charge in [0.1, 0.15) is 17.4 Å². The van der Waals surface area contributed by atoms with E-state index in [1.54, 1.807) is 31.5 Å². The van der Waals surface area contributed by atoms with Crippen molar-refractivity contribution in [1.29, 1.82) is 0 Å². The van der Waals surface area contributed by atoms with E-state index in [2.05, 4.69) is 37.9 Å². The zero-order chi connectivity index (χ0) is 62.3. The van der Waals surface area contributed by atoms with Gasteiger partial charge in [0.15, 0.2) is 5.82 Å². The van der Waals surface area contributed by atoms with Crippen LogP contribution in [0.15, 0.2) is 60.9 Å². The third kappa shape index (κ3) is 10.7. The van der Waals surface area contributed by atoms with E-state index in [9.17, 15) is 33.6 Å². The quantitative estimate of drug-likeness (QED) is 0.0942. The fourth-order valence-corrected chi connectivity index (χ4v) is 15.8. The van der Waals surface area contributed by atoms with Crippen molar-refractivity contribution in [2.24, 2.45) is 11.8 Å². The first-order valence-corrected chi connectivity index (χ1v) is 32.4. The topological polar surface area (TPSA) is 223 Å². The molecule has 89 heavy (non-hydrogen) atoms. The number of aromatic nitrogens is 3. The van der Waals surface area contributed by atoms with Crippen LogP contribution in [0.1, 0.15) is 172 Å². The third-order valence-electron chi connectivity index (χ3n) is 20.9. The highest BCUT2D eigenvalue weighted by Gasteiger charge is 2.56. The number of nitrogens with zero attached hydrogens (tertiary/aromatic N) is 9. The average Bonchev–Trinajstić information content (AvgIpc) is 1.63. The maximum atomic E-state index is 16.0. The van der Waals surface area contributed by atoms with Gasteiger partial charge < -0.3 is 39.7 Å². The summed E-state index contributed by atoms with van der Waals surface area (Å²) < 4.78 is 18.0. The normalized spacial score (nSPS) is 24.0. The summed E-state index contributed by atoms with van der Waals surface area (Å²) in [5, 5.41) is 8.46. The summed E-state index contributed by atoms with van der Waals surface area (Å²) in [7, 11) is 1.89. The van der Waals surface area contributed by atoms with Gasteiger partial charge >= 0.3 is 0 Å². The van der Waals surface area contributed by atoms with Gasteiger partial charge in [-0.05, 0) is 179 Å². The Morgan fingerprint density at radius 2 is 1.45 bits per heavy atom. The number of imidazole rings is 1. The van der Waals surface area contributed by atoms with Gasteiger partial charge in [0.25, 0.3) is 17.7 Å². The summed E-state index contributed by atoms with van der Waals surface area (Å²) in [5.74, 6) is -2.73. The Balaban J connectivity index is 0.679. The molecule has 2 aromatic heterocycles. The van der Waals surface area contributed by atoms with Crippen LogP contribution in [0, 0.1) is 24.6 Å². The maximum absolute atomic E-state index is 16.0. The monoisotopic (exact) mass is 1210 g/mol. The number of nitrogens with one attached hydrogen (secondary N) is 3. The lowest BCUT2D eigenvalue weighted by Crippen LogP contribution is -2.58. The molecule has 1 unspecified atom stereocenters. The van der Waals surface area contributed by atoms with E-state index >= 15 is 9.18 Å². The molecule has 0 radical (unpaired) electrons. The Labute approximate surface area is 518 Å². The van der Waals surface area contributed by atoms with E-state index in [4.69, 9.17) is 9.97 Å². The average molecular weight is 1210 g/mol. The molecule has 0 bridgehead atoms. The van der Waals surface area contributed by atoms with Gasteiger partial charge in [-0.2, -0.15) is 0 Å². The number of hydrogen-bond donors (Lipinski definition) is 3. The first-order chi connectivity index (χ1) is 42.8. The number of hydrogen-bond acceptors (Lipinski definition) is 13. The molecule has 3 N–H and O–H groups in total. The minimum absolute atomic E-state index is 0.00150. The van der Waals surface area contributed by atoms with Crippen molar-refractivity contribution < 1.29 is 42.7 Å². The van der Waals surface area contributed by atoms with Crippen molar-refractivity contribution in [3.63, 3.8) is 0 Å². The Bertz CT molecular complexity index is 3710. The molecular formula is C68H81FN12O8. The molecule has 1 atom stereocenters. The molecule has 1 spiro atoms. The Hall–Kier alpha value is -8.07. The molecule has 5 aromatic rings. The molecule has 8 aliphatic rings. The number of anilines is 4. The van der Waals surface area contributed by atoms with E-state index in [1.807, 2.05) is 66.1 Å². The number of fused-ring (bicyclic) bond motifs is 4. The highest BCUT2D eigenvalue weighted by Crippen LogP contribution is 2.53. The smallest absolute Gasteiger partial charge is 0.264 e. The SMILES string of the molecule is Cc1cc(F)c(Nc2nc(-c3ccc4c(c3)N(C3CC(N5CCCCC5)C3)C(=O)C43CCN(C(=O)[C@H]4CC[C@@H](C(=O)N5CCC(N(C)c6cccc7c6C(=O)N(C6CCC(=O)NC6=O)C7=O)CC5)CC4)CC3)cc3ncn(C(C)C)c23)cc1C(=O)NC(C)C. The van der Waals surface area contributed by atoms with Gasteiger partial charge in [-0.3, -0.25) is 48.6 Å². The molecular weight excluding hydrogens is 1130 g/mol. The molecule has 8 heterocycles. The standard InChI is InChI=1S/C68H81FN12O8/c1-38(2)71-61(83)48-35-52(50(69)31-40(48)5)73-60-59-53(70-37-79(59)39(3)4)36-51(72-60)43-17-18-49-56(32-43)80(46-33-45(34-46)76-25-8-7-9-26-76)67(89)68(49)23-29-78(30-24-68)64(86)42-15-13-41(14-16-42)63(85)77-27-21-44(22-28-77)75(6)54-12-10-11-47-58(54)66(88)81(65(47)87)55-19-20-57(82)74-62(55)84/h10-12,17-18,31-32,35-39,41-42,44-46,55H,7-9,13-16,19-30,33-34H2,1-6H3,(H,71,83)(H,72,73)(H,74,82,84)/t41-,42+,45?,46?,55?. The number of halogens is 1. The van der Waals surface area contributed by atoms with Crippen molar-refractivity contribution in [1.82, 2.24) is 44.8 Å². The number of imide groups is 2. The van der Waals surface area contributed by atoms with Gasteiger partial charge in [0.05, 0.1) is 45.5 Å². The highest BCUT2D eigenvalue weighted by molar-refractivity contribution is 6.25. The number of pyridine rings is 1. The first-order valence-electron chi connectivity index (χ1n) is 32.4. The van der Waals surface area contributed by atoms with Gasteiger partial charge in [-0.25, -0.2) is 14.4 Å². The molecule has 20 nitrogen and oxygen atoms in total. The van der Waals surface area contributed by atoms with Gasteiger partial charge in [-0.15, -0.1) is 0 Å². The largest absolute Gasteiger partial charge is 0.371 e. The van der Waals surface area contributed by atoms with Crippen LogP contribution in [0.3, 0.4) is 0 Å². The lowest BCUT2D eigenvalue weighted by molar-refractivity contribution is -0.143. The van der Waals surface area contributed by atoms with Crippen molar-refractivity contribution in [3.8, 4) is 11.3 Å². The van der Waals surface area contributed by atoms with E-state index < -0.39 is 40.9 Å². The molecule has 21 heteroatoms. The molecule has 2 aliphatic carbocycles. The van der Waals surface area contributed by atoms with Crippen LogP contribution in [0.5, 0.6) is 0 Å². The van der Waals surface area contributed by atoms with Gasteiger partial charge in [0.2, 0.25) is 29.5 Å². The number of carbonyl (C=O) groups is 8. The Kier molecular flexibility index (Phi) is 15.9. The minimum atomic E-state index is -1.06. The molecule has 3 aromatic carbocycles. The van der Waals surface area contributed by atoms with E-state index in [0.717, 1.165) is 47.6 Å². The number of benzene rings is 3. The van der Waals surface area contributed by atoms with Crippen LogP contribution < -0.4 is 25.8 Å². The lowest BCUT2D eigenvalue weighted by Gasteiger charge is -2.48. The lowest BCUT2D eigenvalue weighted by atomic mass is 9.72. The number of amides is 8. The summed E-state index contributed by atoms with van der Waals surface area (Å²) in [6, 6.07) is 15.4. The first kappa shape index (κ1) is 59.9. The van der Waals surface area contributed by atoms with Crippen LogP contribution in [0.2, 0.25) is 0 Å². The fourth-order valence-electron chi connectivity index (χ4n) is 15.8. The van der Waals surface area contributed by atoms with Crippen molar-refractivity contribution in [3.05, 3.63) is 94.6 Å². The van der Waals surface area contributed by atoms with E-state index in [1.165, 1.54) is 31.4 Å².